The van der Waals surface area contributed by atoms with Crippen LogP contribution in [-0.4, -0.2) is 27.9 Å². The van der Waals surface area contributed by atoms with Crippen molar-refractivity contribution in [2.24, 2.45) is 0 Å². The molecule has 0 aliphatic carbocycles. The van der Waals surface area contributed by atoms with Gasteiger partial charge >= 0.3 is 46.6 Å². The topological polar surface area (TPSA) is 174 Å². The molecular formula is C34H31CuN4NaO6-2. The summed E-state index contributed by atoms with van der Waals surface area (Å²) in [5.74, 6) is -5.20. The van der Waals surface area contributed by atoms with Crippen molar-refractivity contribution in [3.8, 4) is 0 Å². The number of aromatic nitrogens is 4. The summed E-state index contributed by atoms with van der Waals surface area (Å²) < 4.78 is 0. The maximum absolute atomic E-state index is 12.5. The van der Waals surface area contributed by atoms with Crippen LogP contribution in [0, 0.1) is 13.8 Å². The zero-order valence-corrected chi connectivity index (χ0v) is 29.5. The standard InChI is InChI=1S/C34H36N4O6.Cu.Na/c1-7-19-15(3)23-12-25-17(5)21(9-10-29(39)40)32(37-25)22(11-30(41)42)33-31(34(43)44)18(6)26(38-33)14-28-20(8-2)16(4)24(36-28)13-27(19)35-23;;/h7,12-14,17,21H,1,8-11H2,2-6H3,(H5,35,36,37,38,39,40,41,42,43,44);;/q;+2;+1/p-5. The molecule has 237 valence electrons. The molecule has 2 atom stereocenters. The Morgan fingerprint density at radius 3 is 2.17 bits per heavy atom. The van der Waals surface area contributed by atoms with Crippen LogP contribution in [-0.2, 0) is 33.1 Å². The summed E-state index contributed by atoms with van der Waals surface area (Å²) in [6.07, 6.45) is 1.46. The van der Waals surface area contributed by atoms with Crippen LogP contribution < -0.4 is 54.8 Å². The largest absolute Gasteiger partial charge is 2.00 e. The monoisotopic (exact) mass is 677 g/mol. The number of hydrogen-bond donors (Lipinski definition) is 0. The van der Waals surface area contributed by atoms with E-state index in [0.29, 0.717) is 40.1 Å². The van der Waals surface area contributed by atoms with Crippen LogP contribution in [0.2, 0.25) is 0 Å². The van der Waals surface area contributed by atoms with E-state index in [2.05, 4.69) is 11.6 Å². The van der Waals surface area contributed by atoms with Crippen molar-refractivity contribution < 1.29 is 76.3 Å². The second-order valence-corrected chi connectivity index (χ2v) is 11.3. The fourth-order valence-electron chi connectivity index (χ4n) is 6.34. The normalized spacial score (nSPS) is 15.6. The molecule has 1 radical (unpaired) electrons. The van der Waals surface area contributed by atoms with Gasteiger partial charge in [0.25, 0.3) is 0 Å². The Hall–Kier alpha value is -3.47. The summed E-state index contributed by atoms with van der Waals surface area (Å²) in [5.41, 5.74) is 7.22. The van der Waals surface area contributed by atoms with Gasteiger partial charge in [-0.05, 0) is 67.9 Å². The number of aryl methyl sites for hydroxylation is 2. The molecule has 3 aromatic rings. The Morgan fingerprint density at radius 2 is 1.59 bits per heavy atom. The van der Waals surface area contributed by atoms with Crippen LogP contribution in [0.5, 0.6) is 0 Å². The van der Waals surface area contributed by atoms with E-state index in [0.717, 1.165) is 22.3 Å². The van der Waals surface area contributed by atoms with Crippen LogP contribution >= 0.6 is 0 Å². The molecule has 8 bridgehead atoms. The van der Waals surface area contributed by atoms with Gasteiger partial charge in [0.1, 0.15) is 0 Å². The zero-order valence-electron chi connectivity index (χ0n) is 26.5. The first-order valence-corrected chi connectivity index (χ1v) is 14.5. The van der Waals surface area contributed by atoms with Gasteiger partial charge in [0, 0.05) is 41.6 Å². The van der Waals surface area contributed by atoms with Crippen LogP contribution in [0.3, 0.4) is 0 Å². The van der Waals surface area contributed by atoms with E-state index < -0.39 is 30.2 Å². The van der Waals surface area contributed by atoms with Crippen molar-refractivity contribution >= 4 is 57.2 Å². The van der Waals surface area contributed by atoms with Gasteiger partial charge in [-0.15, -0.1) is 22.1 Å². The smallest absolute Gasteiger partial charge is 0.657 e. The van der Waals surface area contributed by atoms with Crippen molar-refractivity contribution in [3.63, 3.8) is 0 Å². The second kappa shape index (κ2) is 14.5. The number of nitrogens with zero attached hydrogens (tertiary/aromatic N) is 4. The Bertz CT molecular complexity index is 1960. The molecule has 0 saturated carbocycles. The number of allylic oxidation sites excluding steroid dienone is 2. The summed E-state index contributed by atoms with van der Waals surface area (Å²) in [6, 6.07) is 5.38. The van der Waals surface area contributed by atoms with Gasteiger partial charge in [-0.3, -0.25) is 4.98 Å². The molecule has 0 fully saturated rings. The summed E-state index contributed by atoms with van der Waals surface area (Å²) in [5, 5.41) is 36.1. The van der Waals surface area contributed by atoms with Gasteiger partial charge in [-0.25, -0.2) is 4.98 Å². The molecule has 2 aliphatic rings. The third kappa shape index (κ3) is 6.66. The molecule has 3 aromatic heterocycles. The minimum atomic E-state index is -1.52. The van der Waals surface area contributed by atoms with Crippen molar-refractivity contribution in [1.82, 2.24) is 19.9 Å². The number of fused-ring (bicyclic) bond motifs is 8. The van der Waals surface area contributed by atoms with Crippen LogP contribution in [0.15, 0.2) is 24.8 Å². The average molecular weight is 678 g/mol. The third-order valence-corrected chi connectivity index (χ3v) is 8.76. The molecule has 5 rings (SSSR count). The maximum Gasteiger partial charge on any atom is 2.00 e. The minimum Gasteiger partial charge on any atom is -0.657 e. The summed E-state index contributed by atoms with van der Waals surface area (Å²) in [4.78, 5) is 55.4. The first-order valence-electron chi connectivity index (χ1n) is 14.5. The maximum atomic E-state index is 12.5. The minimum absolute atomic E-state index is 0. The number of hydrogen-bond acceptors (Lipinski definition) is 8. The Labute approximate surface area is 299 Å². The molecule has 2 unspecified atom stereocenters. The van der Waals surface area contributed by atoms with Crippen molar-refractivity contribution in [1.29, 1.82) is 0 Å². The van der Waals surface area contributed by atoms with E-state index in [9.17, 15) is 29.7 Å². The predicted octanol–water partition coefficient (Wildman–Crippen LogP) is -0.752. The van der Waals surface area contributed by atoms with Crippen molar-refractivity contribution in [3.05, 3.63) is 75.4 Å². The molecule has 10 nitrogen and oxygen atoms in total. The van der Waals surface area contributed by atoms with Gasteiger partial charge < -0.3 is 39.7 Å². The molecule has 5 heterocycles. The quantitative estimate of drug-likeness (QED) is 0.276. The Kier molecular flexibility index (Phi) is 11.7. The average Bonchev–Trinajstić information content (AvgIpc) is 3.63. The predicted molar refractivity (Wildman–Crippen MR) is 160 cm³/mol. The van der Waals surface area contributed by atoms with Gasteiger partial charge in [0.15, 0.2) is 0 Å². The van der Waals surface area contributed by atoms with Crippen LogP contribution in [0.25, 0.3) is 39.3 Å². The van der Waals surface area contributed by atoms with Crippen molar-refractivity contribution in [2.45, 2.75) is 72.1 Å². The Balaban J connectivity index is 0.00000288. The summed E-state index contributed by atoms with van der Waals surface area (Å²) >= 11 is 0. The number of carboxylic acids is 3. The van der Waals surface area contributed by atoms with Gasteiger partial charge in [-0.2, -0.15) is 0 Å². The number of carbonyl (C=O) groups is 3. The van der Waals surface area contributed by atoms with Gasteiger partial charge in [-0.1, -0.05) is 55.8 Å². The fourth-order valence-corrected chi connectivity index (χ4v) is 6.34. The van der Waals surface area contributed by atoms with Crippen LogP contribution in [0.4, 0.5) is 0 Å². The number of rotatable bonds is 8. The first kappa shape index (κ1) is 37.0. The van der Waals surface area contributed by atoms with Gasteiger partial charge in [0.2, 0.25) is 0 Å². The number of carboxylic acid groups (broad SMARTS) is 3. The zero-order chi connectivity index (χ0) is 32.0. The molecule has 0 N–H and O–H groups in total. The SMILES string of the molecule is C=Cc1c(C)c2cc3nc(c(CC(=O)[O-])c4[n-]c(cc5nc(cc1[n-]2)C(C)=C5CC)c(C)c4C(=O)[O-])C(CCC(=O)[O-])C3C.[Cu+2].[Na+]. The Morgan fingerprint density at radius 1 is 0.935 bits per heavy atom. The van der Waals surface area contributed by atoms with E-state index in [4.69, 9.17) is 15.0 Å². The molecule has 12 heteroatoms. The molecular weight excluding hydrogens is 647 g/mol. The van der Waals surface area contributed by atoms with Crippen molar-refractivity contribution in [2.75, 3.05) is 0 Å². The summed E-state index contributed by atoms with van der Waals surface area (Å²) in [6.45, 7) is 13.3. The second-order valence-electron chi connectivity index (χ2n) is 11.3. The number of aliphatic carboxylic acids is 2. The fraction of sp³-hybridized carbons (Fsp3) is 0.324. The van der Waals surface area contributed by atoms with Gasteiger partial charge in [0.05, 0.1) is 17.4 Å². The number of aromatic carboxylic acids is 1. The summed E-state index contributed by atoms with van der Waals surface area (Å²) in [7, 11) is 0. The van der Waals surface area contributed by atoms with E-state index in [1.54, 1.807) is 25.1 Å². The van der Waals surface area contributed by atoms with E-state index in [1.165, 1.54) is 0 Å². The first-order chi connectivity index (χ1) is 20.9. The molecule has 0 saturated heterocycles. The molecule has 0 spiro atoms. The molecule has 46 heavy (non-hydrogen) atoms. The number of carbonyl (C=O) groups excluding carboxylic acids is 3. The van der Waals surface area contributed by atoms with E-state index in [-0.39, 0.29) is 93.3 Å². The molecule has 0 aromatic carbocycles. The van der Waals surface area contributed by atoms with E-state index in [1.807, 2.05) is 33.8 Å². The molecule has 2 aliphatic heterocycles. The molecule has 0 amide bonds. The van der Waals surface area contributed by atoms with E-state index >= 15 is 0 Å². The van der Waals surface area contributed by atoms with Crippen LogP contribution in [0.1, 0.15) is 107 Å². The third-order valence-electron chi connectivity index (χ3n) is 8.76.